The number of carbonyl (C=O) groups excluding carboxylic acids is 1. The Hall–Kier alpha value is -0.670. The van der Waals surface area contributed by atoms with Crippen molar-refractivity contribution in [2.75, 3.05) is 0 Å². The van der Waals surface area contributed by atoms with Gasteiger partial charge < -0.3 is 10.2 Å². The zero-order chi connectivity index (χ0) is 17.3. The first-order valence-electron chi connectivity index (χ1n) is 9.87. The monoisotopic (exact) mass is 332 g/mol. The Morgan fingerprint density at radius 2 is 1.83 bits per heavy atom. The summed E-state index contributed by atoms with van der Waals surface area (Å²) in [5, 5.41) is 21.4. The molecule has 0 saturated heterocycles. The Morgan fingerprint density at radius 1 is 1.08 bits per heavy atom. The third kappa shape index (κ3) is 2.00. The van der Waals surface area contributed by atoms with E-state index in [1.54, 1.807) is 6.92 Å². The minimum Gasteiger partial charge on any atom is -0.392 e. The highest BCUT2D eigenvalue weighted by Crippen LogP contribution is 2.66. The summed E-state index contributed by atoms with van der Waals surface area (Å²) >= 11 is 0. The average Bonchev–Trinajstić information content (AvgIpc) is 2.89. The predicted molar refractivity (Wildman–Crippen MR) is 93.3 cm³/mol. The molecule has 24 heavy (non-hydrogen) atoms. The molecular weight excluding hydrogens is 300 g/mol. The van der Waals surface area contributed by atoms with Gasteiger partial charge in [0.2, 0.25) is 0 Å². The number of carbonyl (C=O) groups is 1. The lowest BCUT2D eigenvalue weighted by atomic mass is 9.46. The summed E-state index contributed by atoms with van der Waals surface area (Å²) in [7, 11) is 0. The standard InChI is InChI=1S/C21H32O3/c1-12(22)14-6-7-15-13-4-5-17-18(23)8-9-19(24)21(17,3)16(13)10-11-20(14,15)2/h5,13-16,18-19,23-24H,4,6-11H2,1-3H3/t13-,14+,15-,16-,18?,19?,20+,21+/m0/s1. The van der Waals surface area contributed by atoms with Gasteiger partial charge in [0.15, 0.2) is 0 Å². The molecule has 3 heteroatoms. The van der Waals surface area contributed by atoms with Crippen LogP contribution < -0.4 is 0 Å². The molecule has 0 heterocycles. The van der Waals surface area contributed by atoms with E-state index in [9.17, 15) is 15.0 Å². The van der Waals surface area contributed by atoms with E-state index in [4.69, 9.17) is 0 Å². The maximum Gasteiger partial charge on any atom is 0.133 e. The van der Waals surface area contributed by atoms with Crippen molar-refractivity contribution in [2.45, 2.75) is 77.9 Å². The van der Waals surface area contributed by atoms with Crippen LogP contribution in [0.5, 0.6) is 0 Å². The van der Waals surface area contributed by atoms with Crippen LogP contribution in [0.3, 0.4) is 0 Å². The normalized spacial score (nSPS) is 53.6. The van der Waals surface area contributed by atoms with Crippen LogP contribution in [0.25, 0.3) is 0 Å². The summed E-state index contributed by atoms with van der Waals surface area (Å²) in [4.78, 5) is 12.2. The lowest BCUT2D eigenvalue weighted by Crippen LogP contribution is -2.56. The van der Waals surface area contributed by atoms with E-state index < -0.39 is 0 Å². The zero-order valence-corrected chi connectivity index (χ0v) is 15.3. The van der Waals surface area contributed by atoms with Crippen molar-refractivity contribution in [3.63, 3.8) is 0 Å². The van der Waals surface area contributed by atoms with Crippen molar-refractivity contribution < 1.29 is 15.0 Å². The molecule has 2 N–H and O–H groups in total. The Balaban J connectivity index is 1.71. The summed E-state index contributed by atoms with van der Waals surface area (Å²) < 4.78 is 0. The molecule has 0 aliphatic heterocycles. The van der Waals surface area contributed by atoms with Crippen molar-refractivity contribution in [1.82, 2.24) is 0 Å². The van der Waals surface area contributed by atoms with E-state index in [1.165, 1.54) is 0 Å². The number of hydrogen-bond acceptors (Lipinski definition) is 3. The Bertz CT molecular complexity index is 582. The van der Waals surface area contributed by atoms with Gasteiger partial charge in [-0.25, -0.2) is 0 Å². The highest BCUT2D eigenvalue weighted by atomic mass is 16.3. The van der Waals surface area contributed by atoms with Gasteiger partial charge in [0.25, 0.3) is 0 Å². The van der Waals surface area contributed by atoms with Gasteiger partial charge in [-0.2, -0.15) is 0 Å². The molecule has 8 atom stereocenters. The SMILES string of the molecule is CC(=O)[C@H]1CC[C@H]2[C@@H]3CC=C4C(O)CCC(O)[C@]4(C)[C@H]3CC[C@]12C. The van der Waals surface area contributed by atoms with E-state index in [-0.39, 0.29) is 29.0 Å². The van der Waals surface area contributed by atoms with Gasteiger partial charge in [0, 0.05) is 11.3 Å². The van der Waals surface area contributed by atoms with Crippen molar-refractivity contribution >= 4 is 5.78 Å². The molecule has 0 radical (unpaired) electrons. The average molecular weight is 332 g/mol. The summed E-state index contributed by atoms with van der Waals surface area (Å²) in [6, 6.07) is 0. The number of allylic oxidation sites excluding steroid dienone is 1. The maximum absolute atomic E-state index is 12.2. The van der Waals surface area contributed by atoms with Crippen LogP contribution in [0.2, 0.25) is 0 Å². The van der Waals surface area contributed by atoms with Crippen LogP contribution in [0.1, 0.15) is 65.7 Å². The molecule has 3 nitrogen and oxygen atoms in total. The Labute approximate surface area is 145 Å². The van der Waals surface area contributed by atoms with Crippen LogP contribution in [0.4, 0.5) is 0 Å². The fraction of sp³-hybridized carbons (Fsp3) is 0.857. The molecule has 2 unspecified atom stereocenters. The lowest BCUT2D eigenvalue weighted by molar-refractivity contribution is -0.130. The van der Waals surface area contributed by atoms with E-state index in [0.29, 0.717) is 36.4 Å². The summed E-state index contributed by atoms with van der Waals surface area (Å²) in [5.41, 5.74) is 0.982. The molecule has 3 fully saturated rings. The van der Waals surface area contributed by atoms with Crippen LogP contribution >= 0.6 is 0 Å². The highest BCUT2D eigenvalue weighted by Gasteiger charge is 2.61. The minimum absolute atomic E-state index is 0.146. The molecule has 0 aromatic carbocycles. The van der Waals surface area contributed by atoms with Gasteiger partial charge in [-0.1, -0.05) is 19.9 Å². The highest BCUT2D eigenvalue weighted by molar-refractivity contribution is 5.79. The van der Waals surface area contributed by atoms with Crippen molar-refractivity contribution in [3.8, 4) is 0 Å². The van der Waals surface area contributed by atoms with Crippen LogP contribution in [-0.4, -0.2) is 28.2 Å². The van der Waals surface area contributed by atoms with Gasteiger partial charge in [0.1, 0.15) is 5.78 Å². The molecule has 4 aliphatic rings. The third-order valence-electron chi connectivity index (χ3n) is 8.69. The van der Waals surface area contributed by atoms with Gasteiger partial charge in [-0.3, -0.25) is 4.79 Å². The molecule has 0 amide bonds. The van der Waals surface area contributed by atoms with E-state index in [1.807, 2.05) is 0 Å². The number of hydrogen-bond donors (Lipinski definition) is 2. The molecule has 0 aromatic rings. The fourth-order valence-electron chi connectivity index (χ4n) is 7.43. The smallest absolute Gasteiger partial charge is 0.133 e. The van der Waals surface area contributed by atoms with Gasteiger partial charge >= 0.3 is 0 Å². The number of rotatable bonds is 1. The second-order valence-corrected chi connectivity index (χ2v) is 9.45. The third-order valence-corrected chi connectivity index (χ3v) is 8.69. The molecule has 4 aliphatic carbocycles. The topological polar surface area (TPSA) is 57.5 Å². The summed E-state index contributed by atoms with van der Waals surface area (Å²) in [5.74, 6) is 2.19. The van der Waals surface area contributed by atoms with Crippen LogP contribution in [-0.2, 0) is 4.79 Å². The summed E-state index contributed by atoms with van der Waals surface area (Å²) in [6.07, 6.45) is 8.32. The van der Waals surface area contributed by atoms with Crippen LogP contribution in [0, 0.1) is 34.5 Å². The van der Waals surface area contributed by atoms with Crippen molar-refractivity contribution in [2.24, 2.45) is 34.5 Å². The number of aliphatic hydroxyl groups is 2. The first-order valence-corrected chi connectivity index (χ1v) is 9.87. The number of aliphatic hydroxyl groups excluding tert-OH is 2. The Morgan fingerprint density at radius 3 is 2.54 bits per heavy atom. The molecule has 134 valence electrons. The quantitative estimate of drug-likeness (QED) is 0.723. The number of fused-ring (bicyclic) bond motifs is 5. The maximum atomic E-state index is 12.2. The summed E-state index contributed by atoms with van der Waals surface area (Å²) in [6.45, 7) is 6.31. The number of Topliss-reactive ketones (excluding diaryl/α,β-unsaturated/α-hetero) is 1. The second kappa shape index (κ2) is 5.41. The van der Waals surface area contributed by atoms with Crippen molar-refractivity contribution in [3.05, 3.63) is 11.6 Å². The second-order valence-electron chi connectivity index (χ2n) is 9.45. The van der Waals surface area contributed by atoms with Crippen molar-refractivity contribution in [1.29, 1.82) is 0 Å². The molecule has 0 aromatic heterocycles. The molecule has 4 rings (SSSR count). The van der Waals surface area contributed by atoms with E-state index >= 15 is 0 Å². The minimum atomic E-state index is -0.374. The van der Waals surface area contributed by atoms with Crippen LogP contribution in [0.15, 0.2) is 11.6 Å². The molecule has 3 saturated carbocycles. The van der Waals surface area contributed by atoms with Gasteiger partial charge in [-0.05, 0) is 80.6 Å². The first kappa shape index (κ1) is 16.8. The largest absolute Gasteiger partial charge is 0.392 e. The van der Waals surface area contributed by atoms with Gasteiger partial charge in [0.05, 0.1) is 12.2 Å². The van der Waals surface area contributed by atoms with Gasteiger partial charge in [-0.15, -0.1) is 0 Å². The fourth-order valence-corrected chi connectivity index (χ4v) is 7.43. The molecule has 0 spiro atoms. The number of ketones is 1. The molecular formula is C21H32O3. The Kier molecular flexibility index (Phi) is 3.78. The zero-order valence-electron chi connectivity index (χ0n) is 15.3. The van der Waals surface area contributed by atoms with E-state index in [2.05, 4.69) is 19.9 Å². The molecule has 0 bridgehead atoms. The van der Waals surface area contributed by atoms with E-state index in [0.717, 1.165) is 37.7 Å². The first-order chi connectivity index (χ1) is 11.3. The predicted octanol–water partition coefficient (Wildman–Crippen LogP) is 3.49. The lowest BCUT2D eigenvalue weighted by Gasteiger charge is -2.59.